The maximum absolute atomic E-state index is 12.1. The van der Waals surface area contributed by atoms with Crippen LogP contribution in [-0.4, -0.2) is 48.8 Å². The number of hydrogen-bond donors (Lipinski definition) is 2. The van der Waals surface area contributed by atoms with Gasteiger partial charge < -0.3 is 20.1 Å². The van der Waals surface area contributed by atoms with Crippen LogP contribution in [0.15, 0.2) is 36.9 Å². The zero-order valence-electron chi connectivity index (χ0n) is 12.0. The van der Waals surface area contributed by atoms with Crippen molar-refractivity contribution in [3.8, 4) is 0 Å². The second-order valence-corrected chi connectivity index (χ2v) is 4.43. The summed E-state index contributed by atoms with van der Waals surface area (Å²) < 4.78 is 4.96. The molecule has 0 radical (unpaired) electrons. The van der Waals surface area contributed by atoms with Gasteiger partial charge in [-0.15, -0.1) is 6.58 Å². The van der Waals surface area contributed by atoms with Gasteiger partial charge in [0.05, 0.1) is 13.0 Å². The Bertz CT molecular complexity index is 502. The van der Waals surface area contributed by atoms with Gasteiger partial charge in [0.25, 0.3) is 0 Å². The van der Waals surface area contributed by atoms with Gasteiger partial charge >= 0.3 is 12.0 Å². The first kappa shape index (κ1) is 16.7. The molecule has 0 saturated heterocycles. The van der Waals surface area contributed by atoms with Crippen molar-refractivity contribution in [2.45, 2.75) is 6.42 Å². The highest BCUT2D eigenvalue weighted by atomic mass is 16.5. The number of carbonyl (C=O) groups is 2. The van der Waals surface area contributed by atoms with Crippen molar-refractivity contribution in [2.75, 3.05) is 32.1 Å². The molecule has 0 atom stereocenters. The molecule has 0 heterocycles. The summed E-state index contributed by atoms with van der Waals surface area (Å²) in [5.41, 5.74) is 1.19. The van der Waals surface area contributed by atoms with Gasteiger partial charge in [-0.3, -0.25) is 4.79 Å². The highest BCUT2D eigenvalue weighted by Crippen LogP contribution is 2.12. The Hall–Kier alpha value is -2.34. The van der Waals surface area contributed by atoms with E-state index in [0.717, 1.165) is 0 Å². The summed E-state index contributed by atoms with van der Waals surface area (Å²) in [5, 5.41) is 11.5. The van der Waals surface area contributed by atoms with E-state index in [1.165, 1.54) is 0 Å². The van der Waals surface area contributed by atoms with E-state index in [2.05, 4.69) is 11.9 Å². The van der Waals surface area contributed by atoms with Gasteiger partial charge in [0, 0.05) is 25.9 Å². The molecule has 0 aromatic heterocycles. The van der Waals surface area contributed by atoms with Crippen LogP contribution in [0.2, 0.25) is 0 Å². The first-order valence-corrected chi connectivity index (χ1v) is 6.53. The van der Waals surface area contributed by atoms with Crippen LogP contribution in [-0.2, 0) is 16.0 Å². The number of nitrogens with zero attached hydrogens (tertiary/aromatic N) is 1. The van der Waals surface area contributed by atoms with Crippen LogP contribution in [0.3, 0.4) is 0 Å². The van der Waals surface area contributed by atoms with Gasteiger partial charge in [0.1, 0.15) is 0 Å². The Morgan fingerprint density at radius 1 is 1.48 bits per heavy atom. The lowest BCUT2D eigenvalue weighted by molar-refractivity contribution is -0.136. The summed E-state index contributed by atoms with van der Waals surface area (Å²) in [6.07, 6.45) is 1.56. The van der Waals surface area contributed by atoms with Crippen molar-refractivity contribution in [2.24, 2.45) is 0 Å². The molecule has 114 valence electrons. The van der Waals surface area contributed by atoms with E-state index in [9.17, 15) is 9.59 Å². The van der Waals surface area contributed by atoms with Crippen LogP contribution in [0.4, 0.5) is 10.5 Å². The molecule has 0 unspecified atom stereocenters. The smallest absolute Gasteiger partial charge is 0.322 e. The molecule has 1 aromatic rings. The third-order valence-electron chi connectivity index (χ3n) is 2.74. The highest BCUT2D eigenvalue weighted by Gasteiger charge is 2.12. The number of benzene rings is 1. The standard InChI is InChI=1S/C15H20N2O4/c1-3-7-17(8-9-21-2)15(20)16-13-6-4-5-12(10-13)11-14(18)19/h3-6,10H,1,7-9,11H2,2H3,(H,16,20)(H,18,19). The number of aliphatic carboxylic acids is 1. The molecule has 2 N–H and O–H groups in total. The van der Waals surface area contributed by atoms with E-state index in [4.69, 9.17) is 9.84 Å². The minimum Gasteiger partial charge on any atom is -0.481 e. The van der Waals surface area contributed by atoms with Crippen LogP contribution in [0.1, 0.15) is 5.56 Å². The van der Waals surface area contributed by atoms with Gasteiger partial charge in [-0.2, -0.15) is 0 Å². The van der Waals surface area contributed by atoms with E-state index in [-0.39, 0.29) is 12.5 Å². The summed E-state index contributed by atoms with van der Waals surface area (Å²) in [6, 6.07) is 6.50. The summed E-state index contributed by atoms with van der Waals surface area (Å²) in [4.78, 5) is 24.4. The maximum Gasteiger partial charge on any atom is 0.322 e. The number of anilines is 1. The quantitative estimate of drug-likeness (QED) is 0.718. The molecule has 6 heteroatoms. The third-order valence-corrected chi connectivity index (χ3v) is 2.74. The number of carboxylic acids is 1. The number of methoxy groups -OCH3 is 1. The predicted octanol–water partition coefficient (Wildman–Crippen LogP) is 1.98. The maximum atomic E-state index is 12.1. The predicted molar refractivity (Wildman–Crippen MR) is 80.4 cm³/mol. The molecule has 6 nitrogen and oxygen atoms in total. The molecule has 0 saturated carbocycles. The Morgan fingerprint density at radius 3 is 2.86 bits per heavy atom. The zero-order chi connectivity index (χ0) is 15.7. The van der Waals surface area contributed by atoms with Crippen LogP contribution in [0.25, 0.3) is 0 Å². The molecular formula is C15H20N2O4. The fraction of sp³-hybridized carbons (Fsp3) is 0.333. The summed E-state index contributed by atoms with van der Waals surface area (Å²) in [5.74, 6) is -0.910. The first-order chi connectivity index (χ1) is 10.1. The summed E-state index contributed by atoms with van der Waals surface area (Å²) in [7, 11) is 1.57. The lowest BCUT2D eigenvalue weighted by Crippen LogP contribution is -2.37. The number of rotatable bonds is 8. The first-order valence-electron chi connectivity index (χ1n) is 6.53. The Balaban J connectivity index is 2.71. The molecule has 0 aliphatic carbocycles. The minimum atomic E-state index is -0.910. The third kappa shape index (κ3) is 6.09. The molecule has 1 aromatic carbocycles. The van der Waals surface area contributed by atoms with Gasteiger partial charge in [-0.1, -0.05) is 18.2 Å². The van der Waals surface area contributed by atoms with E-state index < -0.39 is 5.97 Å². The van der Waals surface area contributed by atoms with Crippen molar-refractivity contribution in [1.29, 1.82) is 0 Å². The molecule has 21 heavy (non-hydrogen) atoms. The number of hydrogen-bond acceptors (Lipinski definition) is 3. The minimum absolute atomic E-state index is 0.0796. The van der Waals surface area contributed by atoms with E-state index in [1.54, 1.807) is 42.4 Å². The van der Waals surface area contributed by atoms with E-state index >= 15 is 0 Å². The molecule has 1 rings (SSSR count). The van der Waals surface area contributed by atoms with Crippen molar-refractivity contribution in [1.82, 2.24) is 4.90 Å². The second-order valence-electron chi connectivity index (χ2n) is 4.43. The lowest BCUT2D eigenvalue weighted by atomic mass is 10.1. The summed E-state index contributed by atoms with van der Waals surface area (Å²) >= 11 is 0. The number of amides is 2. The zero-order valence-corrected chi connectivity index (χ0v) is 12.0. The number of ether oxygens (including phenoxy) is 1. The van der Waals surface area contributed by atoms with Crippen LogP contribution in [0, 0.1) is 0 Å². The van der Waals surface area contributed by atoms with E-state index in [0.29, 0.717) is 30.9 Å². The largest absolute Gasteiger partial charge is 0.481 e. The average Bonchev–Trinajstić information content (AvgIpc) is 2.43. The monoisotopic (exact) mass is 292 g/mol. The van der Waals surface area contributed by atoms with Crippen molar-refractivity contribution < 1.29 is 19.4 Å². The van der Waals surface area contributed by atoms with Crippen molar-refractivity contribution in [3.05, 3.63) is 42.5 Å². The fourth-order valence-corrected chi connectivity index (χ4v) is 1.77. The SMILES string of the molecule is C=CCN(CCOC)C(=O)Nc1cccc(CC(=O)O)c1. The Kier molecular flexibility index (Phi) is 6.97. The molecule has 0 fully saturated rings. The van der Waals surface area contributed by atoms with Gasteiger partial charge in [0.15, 0.2) is 0 Å². The fourth-order valence-electron chi connectivity index (χ4n) is 1.77. The van der Waals surface area contributed by atoms with Gasteiger partial charge in [-0.25, -0.2) is 4.79 Å². The Morgan fingerprint density at radius 2 is 2.24 bits per heavy atom. The van der Waals surface area contributed by atoms with Crippen molar-refractivity contribution in [3.63, 3.8) is 0 Å². The van der Waals surface area contributed by atoms with Crippen LogP contribution < -0.4 is 5.32 Å². The topological polar surface area (TPSA) is 78.9 Å². The Labute approximate surface area is 124 Å². The van der Waals surface area contributed by atoms with Gasteiger partial charge in [-0.05, 0) is 17.7 Å². The molecule has 2 amide bonds. The number of urea groups is 1. The second kappa shape index (κ2) is 8.76. The normalized spacial score (nSPS) is 9.95. The van der Waals surface area contributed by atoms with E-state index in [1.807, 2.05) is 0 Å². The van der Waals surface area contributed by atoms with Crippen LogP contribution >= 0.6 is 0 Å². The molecular weight excluding hydrogens is 272 g/mol. The summed E-state index contributed by atoms with van der Waals surface area (Å²) in [6.45, 7) is 4.90. The average molecular weight is 292 g/mol. The lowest BCUT2D eigenvalue weighted by Gasteiger charge is -2.21. The molecule has 0 spiro atoms. The van der Waals surface area contributed by atoms with Crippen molar-refractivity contribution >= 4 is 17.7 Å². The van der Waals surface area contributed by atoms with Gasteiger partial charge in [0.2, 0.25) is 0 Å². The molecule has 0 bridgehead atoms. The number of nitrogens with one attached hydrogen (secondary N) is 1. The molecule has 0 aliphatic heterocycles. The number of carbonyl (C=O) groups excluding carboxylic acids is 1. The highest BCUT2D eigenvalue weighted by molar-refractivity contribution is 5.89. The number of carboxylic acid groups (broad SMARTS) is 1. The molecule has 0 aliphatic rings. The van der Waals surface area contributed by atoms with Crippen LogP contribution in [0.5, 0.6) is 0 Å².